The molecule has 0 fully saturated rings. The smallest absolute Gasteiger partial charge is 0.339 e. The lowest BCUT2D eigenvalue weighted by molar-refractivity contribution is 0.0696. The number of aryl methyl sites for hydroxylation is 2. The van der Waals surface area contributed by atoms with Gasteiger partial charge in [-0.05, 0) is 51.0 Å². The molecule has 0 aliphatic rings. The number of pyridine rings is 1. The van der Waals surface area contributed by atoms with Gasteiger partial charge in [-0.2, -0.15) is 5.10 Å². The topological polar surface area (TPSA) is 100 Å². The standard InChI is InChI=1S/C23H26ClN5O3/c1-5-29-15(3)17(14(2)27-29)10-11-28(4)21-19(23(31)32)12-16(13-25-21)26-22(30)18-8-6-7-9-20(18)24/h6-9,12-13H,5,10-11H2,1-4H3,(H,26,30)(H,31,32). The monoisotopic (exact) mass is 455 g/mol. The van der Waals surface area contributed by atoms with Crippen molar-refractivity contribution in [1.29, 1.82) is 0 Å². The number of benzene rings is 1. The number of nitrogens with one attached hydrogen (secondary N) is 1. The fourth-order valence-electron chi connectivity index (χ4n) is 3.62. The fourth-order valence-corrected chi connectivity index (χ4v) is 3.84. The van der Waals surface area contributed by atoms with Gasteiger partial charge in [-0.1, -0.05) is 23.7 Å². The number of rotatable bonds is 8. The lowest BCUT2D eigenvalue weighted by atomic mass is 10.1. The number of halogens is 1. The molecule has 168 valence electrons. The maximum atomic E-state index is 12.5. The highest BCUT2D eigenvalue weighted by atomic mass is 35.5. The molecule has 32 heavy (non-hydrogen) atoms. The summed E-state index contributed by atoms with van der Waals surface area (Å²) in [4.78, 5) is 30.5. The molecular formula is C23H26ClN5O3. The summed E-state index contributed by atoms with van der Waals surface area (Å²) < 4.78 is 1.96. The molecule has 1 aromatic carbocycles. The molecule has 0 radical (unpaired) electrons. The van der Waals surface area contributed by atoms with Gasteiger partial charge >= 0.3 is 5.97 Å². The SMILES string of the molecule is CCn1nc(C)c(CCN(C)c2ncc(NC(=O)c3ccccc3Cl)cc2C(=O)O)c1C. The van der Waals surface area contributed by atoms with Crippen molar-refractivity contribution in [3.05, 3.63) is 69.6 Å². The van der Waals surface area contributed by atoms with Gasteiger partial charge in [-0.3, -0.25) is 9.48 Å². The maximum absolute atomic E-state index is 12.5. The number of aromatic nitrogens is 3. The predicted octanol–water partition coefficient (Wildman–Crippen LogP) is 4.20. The molecule has 2 aromatic heterocycles. The zero-order valence-electron chi connectivity index (χ0n) is 18.5. The van der Waals surface area contributed by atoms with E-state index in [1.54, 1.807) is 36.2 Å². The van der Waals surface area contributed by atoms with Crippen molar-refractivity contribution in [3.8, 4) is 0 Å². The Kier molecular flexibility index (Phi) is 7.15. The van der Waals surface area contributed by atoms with Crippen LogP contribution in [0.15, 0.2) is 36.5 Å². The Hall–Kier alpha value is -3.39. The van der Waals surface area contributed by atoms with Crippen LogP contribution in [0.5, 0.6) is 0 Å². The van der Waals surface area contributed by atoms with Gasteiger partial charge in [-0.15, -0.1) is 0 Å². The lowest BCUT2D eigenvalue weighted by Crippen LogP contribution is -2.24. The number of anilines is 2. The van der Waals surface area contributed by atoms with Gasteiger partial charge in [0.25, 0.3) is 5.91 Å². The van der Waals surface area contributed by atoms with Crippen molar-refractivity contribution in [1.82, 2.24) is 14.8 Å². The molecule has 0 atom stereocenters. The van der Waals surface area contributed by atoms with E-state index in [9.17, 15) is 14.7 Å². The van der Waals surface area contributed by atoms with E-state index in [0.29, 0.717) is 29.4 Å². The summed E-state index contributed by atoms with van der Waals surface area (Å²) >= 11 is 6.07. The lowest BCUT2D eigenvalue weighted by Gasteiger charge is -2.21. The molecule has 1 amide bonds. The predicted molar refractivity (Wildman–Crippen MR) is 125 cm³/mol. The molecule has 0 bridgehead atoms. The summed E-state index contributed by atoms with van der Waals surface area (Å²) in [5, 5.41) is 17.2. The van der Waals surface area contributed by atoms with E-state index in [4.69, 9.17) is 11.6 Å². The summed E-state index contributed by atoms with van der Waals surface area (Å²) in [6, 6.07) is 8.04. The second-order valence-electron chi connectivity index (χ2n) is 7.47. The Morgan fingerprint density at radius 2 is 1.94 bits per heavy atom. The molecule has 0 spiro atoms. The molecular weight excluding hydrogens is 430 g/mol. The quantitative estimate of drug-likeness (QED) is 0.528. The van der Waals surface area contributed by atoms with Crippen molar-refractivity contribution >= 4 is 35.0 Å². The van der Waals surface area contributed by atoms with Crippen LogP contribution in [0, 0.1) is 13.8 Å². The Morgan fingerprint density at radius 3 is 2.56 bits per heavy atom. The minimum absolute atomic E-state index is 0.00200. The molecule has 8 nitrogen and oxygen atoms in total. The van der Waals surface area contributed by atoms with Crippen LogP contribution >= 0.6 is 11.6 Å². The fraction of sp³-hybridized carbons (Fsp3) is 0.304. The maximum Gasteiger partial charge on any atom is 0.339 e. The van der Waals surface area contributed by atoms with Gasteiger partial charge in [0, 0.05) is 25.8 Å². The van der Waals surface area contributed by atoms with Crippen LogP contribution < -0.4 is 10.2 Å². The van der Waals surface area contributed by atoms with Crippen molar-refractivity contribution in [2.24, 2.45) is 0 Å². The van der Waals surface area contributed by atoms with Crippen LogP contribution in [-0.4, -0.2) is 45.3 Å². The Balaban J connectivity index is 1.78. The first-order valence-corrected chi connectivity index (χ1v) is 10.6. The van der Waals surface area contributed by atoms with E-state index in [1.807, 2.05) is 25.5 Å². The number of likely N-dealkylation sites (N-methyl/N-ethyl adjacent to an activating group) is 1. The summed E-state index contributed by atoms with van der Waals surface area (Å²) in [6.45, 7) is 7.43. The van der Waals surface area contributed by atoms with Gasteiger partial charge in [0.05, 0.1) is 28.2 Å². The molecule has 0 aliphatic heterocycles. The number of hydrogen-bond acceptors (Lipinski definition) is 5. The zero-order valence-corrected chi connectivity index (χ0v) is 19.3. The van der Waals surface area contributed by atoms with Crippen molar-refractivity contribution in [2.45, 2.75) is 33.7 Å². The van der Waals surface area contributed by atoms with Gasteiger partial charge in [0.1, 0.15) is 11.4 Å². The second-order valence-corrected chi connectivity index (χ2v) is 7.88. The Bertz CT molecular complexity index is 1160. The first kappa shape index (κ1) is 23.3. The van der Waals surface area contributed by atoms with Crippen LogP contribution in [0.1, 0.15) is 44.6 Å². The molecule has 0 saturated carbocycles. The van der Waals surface area contributed by atoms with Crippen LogP contribution in [0.4, 0.5) is 11.5 Å². The number of carboxylic acid groups (broad SMARTS) is 1. The second kappa shape index (κ2) is 9.82. The average Bonchev–Trinajstić information content (AvgIpc) is 3.04. The molecule has 2 heterocycles. The first-order valence-electron chi connectivity index (χ1n) is 10.3. The van der Waals surface area contributed by atoms with Crippen molar-refractivity contribution in [3.63, 3.8) is 0 Å². The number of carbonyl (C=O) groups excluding carboxylic acids is 1. The molecule has 3 rings (SSSR count). The number of amides is 1. The average molecular weight is 456 g/mol. The van der Waals surface area contributed by atoms with Gasteiger partial charge in [0.15, 0.2) is 0 Å². The zero-order chi connectivity index (χ0) is 23.4. The minimum atomic E-state index is -1.13. The minimum Gasteiger partial charge on any atom is -0.478 e. The highest BCUT2D eigenvalue weighted by molar-refractivity contribution is 6.34. The third kappa shape index (κ3) is 4.91. The van der Waals surface area contributed by atoms with Crippen LogP contribution in [0.25, 0.3) is 0 Å². The Labute approximate surface area is 191 Å². The van der Waals surface area contributed by atoms with Gasteiger partial charge in [0.2, 0.25) is 0 Å². The first-order chi connectivity index (χ1) is 15.2. The Morgan fingerprint density at radius 1 is 1.22 bits per heavy atom. The number of hydrogen-bond donors (Lipinski definition) is 2. The van der Waals surface area contributed by atoms with E-state index in [0.717, 1.165) is 23.5 Å². The van der Waals surface area contributed by atoms with Gasteiger partial charge in [-0.25, -0.2) is 9.78 Å². The van der Waals surface area contributed by atoms with Gasteiger partial charge < -0.3 is 15.3 Å². The highest BCUT2D eigenvalue weighted by Gasteiger charge is 2.19. The summed E-state index contributed by atoms with van der Waals surface area (Å²) in [7, 11) is 1.80. The number of nitrogens with zero attached hydrogens (tertiary/aromatic N) is 4. The van der Waals surface area contributed by atoms with Crippen molar-refractivity contribution < 1.29 is 14.7 Å². The summed E-state index contributed by atoms with van der Waals surface area (Å²) in [5.41, 5.74) is 3.82. The third-order valence-electron chi connectivity index (χ3n) is 5.36. The largest absolute Gasteiger partial charge is 0.478 e. The molecule has 9 heteroatoms. The van der Waals surface area contributed by atoms with E-state index in [-0.39, 0.29) is 11.3 Å². The van der Waals surface area contributed by atoms with Crippen LogP contribution in [-0.2, 0) is 13.0 Å². The molecule has 0 aliphatic carbocycles. The third-order valence-corrected chi connectivity index (χ3v) is 5.69. The van der Waals surface area contributed by atoms with Crippen LogP contribution in [0.2, 0.25) is 5.02 Å². The number of carboxylic acids is 1. The number of carbonyl (C=O) groups is 2. The molecule has 3 aromatic rings. The molecule has 0 unspecified atom stereocenters. The van der Waals surface area contributed by atoms with E-state index in [2.05, 4.69) is 15.4 Å². The normalized spacial score (nSPS) is 10.8. The summed E-state index contributed by atoms with van der Waals surface area (Å²) in [5.74, 6) is -1.24. The van der Waals surface area contributed by atoms with Crippen molar-refractivity contribution in [2.75, 3.05) is 23.8 Å². The van der Waals surface area contributed by atoms with E-state index in [1.165, 1.54) is 12.3 Å². The highest BCUT2D eigenvalue weighted by Crippen LogP contribution is 2.23. The van der Waals surface area contributed by atoms with Crippen LogP contribution in [0.3, 0.4) is 0 Å². The molecule has 0 saturated heterocycles. The summed E-state index contributed by atoms with van der Waals surface area (Å²) in [6.07, 6.45) is 2.15. The van der Waals surface area contributed by atoms with E-state index >= 15 is 0 Å². The molecule has 2 N–H and O–H groups in total. The number of aromatic carboxylic acids is 1. The van der Waals surface area contributed by atoms with E-state index < -0.39 is 11.9 Å².